The third-order valence-electron chi connectivity index (χ3n) is 6.09. The molecule has 0 saturated heterocycles. The minimum Gasteiger partial charge on any atom is -0.352 e. The maximum atomic E-state index is 13.4. The average molecular weight is 475 g/mol. The van der Waals surface area contributed by atoms with Crippen molar-refractivity contribution in [2.24, 2.45) is 0 Å². The van der Waals surface area contributed by atoms with Crippen molar-refractivity contribution < 1.29 is 9.59 Å². The normalized spacial score (nSPS) is 15.3. The van der Waals surface area contributed by atoms with Gasteiger partial charge in [0.1, 0.15) is 6.04 Å². The summed E-state index contributed by atoms with van der Waals surface area (Å²) in [6.07, 6.45) is 5.74. The standard InChI is InChI=1S/C26H32Cl2N2O2/c1-17-11-18(2)13-21(12-17)15-25(31)30(16-20-9-10-23(27)24(28)14-20)19(3)26(32)29-22-7-5-4-6-8-22/h9-14,19,22H,4-8,15-16H2,1-3H3,(H,29,32)/t19-/m1/s1. The maximum absolute atomic E-state index is 13.4. The van der Waals surface area contributed by atoms with E-state index < -0.39 is 6.04 Å². The first-order valence-electron chi connectivity index (χ1n) is 11.3. The van der Waals surface area contributed by atoms with Crippen LogP contribution in [0.2, 0.25) is 10.0 Å². The van der Waals surface area contributed by atoms with Gasteiger partial charge in [-0.25, -0.2) is 0 Å². The molecule has 1 N–H and O–H groups in total. The monoisotopic (exact) mass is 474 g/mol. The SMILES string of the molecule is Cc1cc(C)cc(CC(=O)N(Cc2ccc(Cl)c(Cl)c2)[C@H](C)C(=O)NC2CCCCC2)c1. The van der Waals surface area contributed by atoms with Crippen molar-refractivity contribution >= 4 is 35.0 Å². The van der Waals surface area contributed by atoms with Crippen LogP contribution in [0.15, 0.2) is 36.4 Å². The highest BCUT2D eigenvalue weighted by atomic mass is 35.5. The lowest BCUT2D eigenvalue weighted by Gasteiger charge is -2.31. The van der Waals surface area contributed by atoms with Gasteiger partial charge in [-0.1, -0.05) is 77.9 Å². The average Bonchev–Trinajstić information content (AvgIpc) is 2.74. The Morgan fingerprint density at radius 2 is 1.62 bits per heavy atom. The van der Waals surface area contributed by atoms with Crippen molar-refractivity contribution in [3.05, 3.63) is 68.7 Å². The van der Waals surface area contributed by atoms with Gasteiger partial charge in [-0.05, 0) is 56.9 Å². The summed E-state index contributed by atoms with van der Waals surface area (Å²) in [6.45, 7) is 6.14. The van der Waals surface area contributed by atoms with Gasteiger partial charge in [0.05, 0.1) is 16.5 Å². The number of hydrogen-bond donors (Lipinski definition) is 1. The first-order valence-corrected chi connectivity index (χ1v) is 12.1. The third kappa shape index (κ3) is 6.73. The summed E-state index contributed by atoms with van der Waals surface area (Å²) in [7, 11) is 0. The highest BCUT2D eigenvalue weighted by molar-refractivity contribution is 6.42. The Morgan fingerprint density at radius 3 is 2.25 bits per heavy atom. The fourth-order valence-electron chi connectivity index (χ4n) is 4.43. The number of amides is 2. The van der Waals surface area contributed by atoms with Crippen molar-refractivity contribution in [1.82, 2.24) is 10.2 Å². The zero-order valence-corrected chi connectivity index (χ0v) is 20.6. The van der Waals surface area contributed by atoms with E-state index in [1.807, 2.05) is 32.0 Å². The summed E-state index contributed by atoms with van der Waals surface area (Å²) in [6, 6.07) is 11.1. The van der Waals surface area contributed by atoms with Crippen molar-refractivity contribution in [1.29, 1.82) is 0 Å². The van der Waals surface area contributed by atoms with E-state index in [0.29, 0.717) is 16.6 Å². The summed E-state index contributed by atoms with van der Waals surface area (Å²) in [5.41, 5.74) is 4.02. The van der Waals surface area contributed by atoms with Crippen LogP contribution in [0.1, 0.15) is 61.3 Å². The van der Waals surface area contributed by atoms with Crippen molar-refractivity contribution in [2.75, 3.05) is 0 Å². The molecule has 1 saturated carbocycles. The number of carbonyl (C=O) groups is 2. The molecule has 6 heteroatoms. The molecular weight excluding hydrogens is 443 g/mol. The minimum absolute atomic E-state index is 0.0904. The molecule has 1 fully saturated rings. The van der Waals surface area contributed by atoms with E-state index in [0.717, 1.165) is 47.9 Å². The molecule has 2 aromatic carbocycles. The first-order chi connectivity index (χ1) is 15.2. The Balaban J connectivity index is 1.80. The van der Waals surface area contributed by atoms with Gasteiger partial charge in [0, 0.05) is 12.6 Å². The van der Waals surface area contributed by atoms with Crippen molar-refractivity contribution in [3.63, 3.8) is 0 Å². The number of rotatable bonds is 7. The van der Waals surface area contributed by atoms with Gasteiger partial charge in [-0.2, -0.15) is 0 Å². The first kappa shape index (κ1) is 24.6. The van der Waals surface area contributed by atoms with E-state index >= 15 is 0 Å². The lowest BCUT2D eigenvalue weighted by molar-refractivity contribution is -0.140. The Labute approximate surface area is 201 Å². The van der Waals surface area contributed by atoms with Crippen molar-refractivity contribution in [3.8, 4) is 0 Å². The van der Waals surface area contributed by atoms with E-state index in [1.165, 1.54) is 6.42 Å². The van der Waals surface area contributed by atoms with Crippen LogP contribution in [0.5, 0.6) is 0 Å². The summed E-state index contributed by atoms with van der Waals surface area (Å²) in [4.78, 5) is 28.1. The molecule has 0 radical (unpaired) electrons. The van der Waals surface area contributed by atoms with Gasteiger partial charge in [-0.15, -0.1) is 0 Å². The molecule has 4 nitrogen and oxygen atoms in total. The molecule has 0 unspecified atom stereocenters. The van der Waals surface area contributed by atoms with E-state index in [1.54, 1.807) is 24.0 Å². The number of carbonyl (C=O) groups excluding carboxylic acids is 2. The summed E-state index contributed by atoms with van der Waals surface area (Å²) in [5, 5.41) is 4.06. The molecule has 2 amide bonds. The van der Waals surface area contributed by atoms with Crippen LogP contribution in [0, 0.1) is 13.8 Å². The van der Waals surface area contributed by atoms with Crippen LogP contribution in [-0.4, -0.2) is 28.8 Å². The van der Waals surface area contributed by atoms with Gasteiger partial charge in [0.25, 0.3) is 0 Å². The fourth-order valence-corrected chi connectivity index (χ4v) is 4.75. The minimum atomic E-state index is -0.593. The second-order valence-electron chi connectivity index (χ2n) is 8.96. The molecule has 1 atom stereocenters. The molecule has 32 heavy (non-hydrogen) atoms. The highest BCUT2D eigenvalue weighted by Crippen LogP contribution is 2.24. The topological polar surface area (TPSA) is 49.4 Å². The predicted molar refractivity (Wildman–Crippen MR) is 131 cm³/mol. The Kier molecular flexibility index (Phi) is 8.61. The Bertz CT molecular complexity index is 950. The summed E-state index contributed by atoms with van der Waals surface area (Å²) in [5.74, 6) is -0.196. The Morgan fingerprint density at radius 1 is 0.969 bits per heavy atom. The van der Waals surface area contributed by atoms with E-state index in [9.17, 15) is 9.59 Å². The fraction of sp³-hybridized carbons (Fsp3) is 0.462. The molecule has 3 rings (SSSR count). The molecule has 172 valence electrons. The predicted octanol–water partition coefficient (Wildman–Crippen LogP) is 6.02. The number of halogens is 2. The van der Waals surface area contributed by atoms with Crippen LogP contribution < -0.4 is 5.32 Å². The van der Waals surface area contributed by atoms with E-state index in [-0.39, 0.29) is 24.3 Å². The number of aryl methyl sites for hydroxylation is 2. The molecular formula is C26H32Cl2N2O2. The second-order valence-corrected chi connectivity index (χ2v) is 9.78. The molecule has 1 aliphatic carbocycles. The lowest BCUT2D eigenvalue weighted by atomic mass is 9.95. The molecule has 2 aromatic rings. The zero-order chi connectivity index (χ0) is 23.3. The smallest absolute Gasteiger partial charge is 0.242 e. The van der Waals surface area contributed by atoms with Crippen LogP contribution in [0.25, 0.3) is 0 Å². The number of benzene rings is 2. The molecule has 0 aromatic heterocycles. The van der Waals surface area contributed by atoms with Crippen LogP contribution in [0.4, 0.5) is 0 Å². The zero-order valence-electron chi connectivity index (χ0n) is 19.1. The summed E-state index contributed by atoms with van der Waals surface area (Å²) < 4.78 is 0. The molecule has 0 heterocycles. The third-order valence-corrected chi connectivity index (χ3v) is 6.83. The Hall–Kier alpha value is -2.04. The lowest BCUT2D eigenvalue weighted by Crippen LogP contribution is -2.50. The van der Waals surface area contributed by atoms with E-state index in [2.05, 4.69) is 11.4 Å². The van der Waals surface area contributed by atoms with Gasteiger partial charge in [-0.3, -0.25) is 9.59 Å². The number of nitrogens with one attached hydrogen (secondary N) is 1. The molecule has 0 aliphatic heterocycles. The van der Waals surface area contributed by atoms with Gasteiger partial charge < -0.3 is 10.2 Å². The van der Waals surface area contributed by atoms with Crippen LogP contribution >= 0.6 is 23.2 Å². The maximum Gasteiger partial charge on any atom is 0.242 e. The summed E-state index contributed by atoms with van der Waals surface area (Å²) >= 11 is 12.3. The molecule has 1 aliphatic rings. The second kappa shape index (κ2) is 11.2. The molecule has 0 bridgehead atoms. The van der Waals surface area contributed by atoms with E-state index in [4.69, 9.17) is 23.2 Å². The number of nitrogens with zero attached hydrogens (tertiary/aromatic N) is 1. The van der Waals surface area contributed by atoms with Gasteiger partial charge >= 0.3 is 0 Å². The highest BCUT2D eigenvalue weighted by Gasteiger charge is 2.28. The van der Waals surface area contributed by atoms with Gasteiger partial charge in [0.15, 0.2) is 0 Å². The van der Waals surface area contributed by atoms with Crippen molar-refractivity contribution in [2.45, 2.75) is 77.9 Å². The van der Waals surface area contributed by atoms with Crippen LogP contribution in [-0.2, 0) is 22.6 Å². The molecule has 0 spiro atoms. The number of hydrogen-bond acceptors (Lipinski definition) is 2. The van der Waals surface area contributed by atoms with Crippen LogP contribution in [0.3, 0.4) is 0 Å². The largest absolute Gasteiger partial charge is 0.352 e. The quantitative estimate of drug-likeness (QED) is 0.533. The van der Waals surface area contributed by atoms with Gasteiger partial charge in [0.2, 0.25) is 11.8 Å².